The van der Waals surface area contributed by atoms with Crippen LogP contribution in [0.5, 0.6) is 5.75 Å². The number of thioether (sulfide) groups is 1. The number of nitrogens with zero attached hydrogens (tertiary/aromatic N) is 3. The molecule has 0 radical (unpaired) electrons. The number of amidine groups is 1. The van der Waals surface area contributed by atoms with Gasteiger partial charge in [0.05, 0.1) is 17.7 Å². The second kappa shape index (κ2) is 9.65. The van der Waals surface area contributed by atoms with Crippen molar-refractivity contribution in [2.75, 3.05) is 31.6 Å². The molecule has 1 saturated heterocycles. The smallest absolute Gasteiger partial charge is 0.266 e. The third-order valence-corrected chi connectivity index (χ3v) is 5.82. The van der Waals surface area contributed by atoms with Crippen LogP contribution in [0.2, 0.25) is 0 Å². The molecule has 0 N–H and O–H groups in total. The topological polar surface area (TPSA) is 45.1 Å². The largest absolute Gasteiger partial charge is 0.496 e. The fourth-order valence-electron chi connectivity index (χ4n) is 3.23. The van der Waals surface area contributed by atoms with Crippen molar-refractivity contribution >= 4 is 40.3 Å². The number of amides is 1. The van der Waals surface area contributed by atoms with Gasteiger partial charge in [0, 0.05) is 37.0 Å². The number of para-hydroxylation sites is 1. The third kappa shape index (κ3) is 4.65. The number of carbonyl (C=O) groups is 1. The van der Waals surface area contributed by atoms with Gasteiger partial charge in [0.15, 0.2) is 5.17 Å². The summed E-state index contributed by atoms with van der Waals surface area (Å²) in [5, 5.41) is 0.702. The molecular formula is C23H27N3O2S. The van der Waals surface area contributed by atoms with E-state index in [2.05, 4.69) is 29.8 Å². The summed E-state index contributed by atoms with van der Waals surface area (Å²) in [6.07, 6.45) is 1.90. The van der Waals surface area contributed by atoms with E-state index in [0.29, 0.717) is 16.6 Å². The van der Waals surface area contributed by atoms with Gasteiger partial charge in [-0.05, 0) is 62.9 Å². The van der Waals surface area contributed by atoms with E-state index in [9.17, 15) is 4.79 Å². The molecule has 0 unspecified atom stereocenters. The summed E-state index contributed by atoms with van der Waals surface area (Å²) in [6.45, 7) is 8.66. The van der Waals surface area contributed by atoms with Crippen molar-refractivity contribution in [3.63, 3.8) is 0 Å². The molecule has 1 heterocycles. The Morgan fingerprint density at radius 1 is 1.10 bits per heavy atom. The van der Waals surface area contributed by atoms with Gasteiger partial charge in [-0.3, -0.25) is 9.69 Å². The molecule has 2 aromatic rings. The van der Waals surface area contributed by atoms with E-state index in [1.807, 2.05) is 55.5 Å². The lowest BCUT2D eigenvalue weighted by molar-refractivity contribution is -0.122. The summed E-state index contributed by atoms with van der Waals surface area (Å²) in [4.78, 5) is 22.2. The number of carbonyl (C=O) groups excluding carboxylic acids is 1. The van der Waals surface area contributed by atoms with E-state index in [4.69, 9.17) is 4.74 Å². The molecule has 3 rings (SSSR count). The summed E-state index contributed by atoms with van der Waals surface area (Å²) < 4.78 is 5.61. The SMILES string of the molecule is CCN1C(=O)/C(=C\c2ccc(N(CC)CC)cc2OC)SC1=Nc1ccccc1. The van der Waals surface area contributed by atoms with E-state index in [0.717, 1.165) is 35.8 Å². The number of rotatable bonds is 7. The van der Waals surface area contributed by atoms with Crippen LogP contribution in [0.4, 0.5) is 11.4 Å². The number of likely N-dealkylation sites (N-methyl/N-ethyl adjacent to an activating group) is 1. The number of methoxy groups -OCH3 is 1. The van der Waals surface area contributed by atoms with Crippen LogP contribution in [0.1, 0.15) is 26.3 Å². The monoisotopic (exact) mass is 409 g/mol. The zero-order valence-electron chi connectivity index (χ0n) is 17.4. The van der Waals surface area contributed by atoms with Crippen molar-refractivity contribution in [3.8, 4) is 5.75 Å². The first-order valence-electron chi connectivity index (χ1n) is 9.89. The number of hydrogen-bond acceptors (Lipinski definition) is 5. The maximum absolute atomic E-state index is 12.9. The third-order valence-electron chi connectivity index (χ3n) is 4.82. The van der Waals surface area contributed by atoms with Gasteiger partial charge >= 0.3 is 0 Å². The highest BCUT2D eigenvalue weighted by Crippen LogP contribution is 2.36. The number of hydrogen-bond donors (Lipinski definition) is 0. The van der Waals surface area contributed by atoms with Gasteiger partial charge in [-0.15, -0.1) is 0 Å². The molecule has 1 amide bonds. The minimum absolute atomic E-state index is 0.0259. The van der Waals surface area contributed by atoms with Gasteiger partial charge in [-0.1, -0.05) is 18.2 Å². The van der Waals surface area contributed by atoms with Gasteiger partial charge in [0.1, 0.15) is 5.75 Å². The first-order valence-corrected chi connectivity index (χ1v) is 10.7. The highest BCUT2D eigenvalue weighted by atomic mass is 32.2. The van der Waals surface area contributed by atoms with Crippen LogP contribution in [-0.4, -0.2) is 42.7 Å². The molecular weight excluding hydrogens is 382 g/mol. The van der Waals surface area contributed by atoms with E-state index in [-0.39, 0.29) is 5.91 Å². The molecule has 1 fully saturated rings. The predicted octanol–water partition coefficient (Wildman–Crippen LogP) is 5.17. The zero-order valence-corrected chi connectivity index (χ0v) is 18.2. The Labute approximate surface area is 177 Å². The molecule has 1 aliphatic heterocycles. The Hall–Kier alpha value is -2.73. The standard InChI is InChI=1S/C23H27N3O2S/c1-5-25(6-2)19-14-13-17(20(16-19)28-4)15-21-22(27)26(7-3)23(29-21)24-18-11-9-8-10-12-18/h8-16H,5-7H2,1-4H3/b21-15+,24-23?. The van der Waals surface area contributed by atoms with E-state index >= 15 is 0 Å². The first-order chi connectivity index (χ1) is 14.1. The molecule has 6 heteroatoms. The van der Waals surface area contributed by atoms with E-state index < -0.39 is 0 Å². The van der Waals surface area contributed by atoms with Crippen LogP contribution in [0, 0.1) is 0 Å². The molecule has 152 valence electrons. The van der Waals surface area contributed by atoms with Gasteiger partial charge in [-0.2, -0.15) is 0 Å². The van der Waals surface area contributed by atoms with Crippen LogP contribution in [0.15, 0.2) is 58.4 Å². The molecule has 0 atom stereocenters. The van der Waals surface area contributed by atoms with Crippen LogP contribution >= 0.6 is 11.8 Å². The first kappa shape index (κ1) is 21.0. The summed E-state index contributed by atoms with van der Waals surface area (Å²) in [5.74, 6) is 0.730. The summed E-state index contributed by atoms with van der Waals surface area (Å²) in [5.41, 5.74) is 2.83. The van der Waals surface area contributed by atoms with E-state index in [1.54, 1.807) is 12.0 Å². The Balaban J connectivity index is 1.94. The summed E-state index contributed by atoms with van der Waals surface area (Å²) >= 11 is 1.40. The quantitative estimate of drug-likeness (QED) is 0.592. The average molecular weight is 410 g/mol. The van der Waals surface area contributed by atoms with Crippen LogP contribution in [0.3, 0.4) is 0 Å². The Morgan fingerprint density at radius 3 is 2.45 bits per heavy atom. The molecule has 0 aliphatic carbocycles. The summed E-state index contributed by atoms with van der Waals surface area (Å²) in [7, 11) is 1.66. The van der Waals surface area contributed by atoms with Crippen LogP contribution in [-0.2, 0) is 4.79 Å². The molecule has 2 aromatic carbocycles. The number of ether oxygens (including phenoxy) is 1. The van der Waals surface area contributed by atoms with Crippen molar-refractivity contribution in [3.05, 3.63) is 59.0 Å². The molecule has 0 saturated carbocycles. The van der Waals surface area contributed by atoms with Gasteiger partial charge in [0.25, 0.3) is 5.91 Å². The second-order valence-corrected chi connectivity index (χ2v) is 7.50. The van der Waals surface area contributed by atoms with Gasteiger partial charge in [0.2, 0.25) is 0 Å². The minimum atomic E-state index is -0.0259. The highest BCUT2D eigenvalue weighted by Gasteiger charge is 2.32. The molecule has 0 spiro atoms. The second-order valence-electron chi connectivity index (χ2n) is 6.49. The minimum Gasteiger partial charge on any atom is -0.496 e. The fourth-order valence-corrected chi connectivity index (χ4v) is 4.28. The lowest BCUT2D eigenvalue weighted by Crippen LogP contribution is -2.28. The Kier molecular flexibility index (Phi) is 6.99. The Morgan fingerprint density at radius 2 is 1.83 bits per heavy atom. The number of anilines is 1. The lowest BCUT2D eigenvalue weighted by Gasteiger charge is -2.22. The van der Waals surface area contributed by atoms with Crippen molar-refractivity contribution in [1.82, 2.24) is 4.90 Å². The molecule has 0 bridgehead atoms. The average Bonchev–Trinajstić information content (AvgIpc) is 3.04. The van der Waals surface area contributed by atoms with Gasteiger partial charge < -0.3 is 9.64 Å². The zero-order chi connectivity index (χ0) is 20.8. The predicted molar refractivity (Wildman–Crippen MR) is 123 cm³/mol. The molecule has 0 aromatic heterocycles. The van der Waals surface area contributed by atoms with Crippen molar-refractivity contribution in [1.29, 1.82) is 0 Å². The van der Waals surface area contributed by atoms with Crippen LogP contribution in [0.25, 0.3) is 6.08 Å². The number of aliphatic imine (C=N–C) groups is 1. The molecule has 29 heavy (non-hydrogen) atoms. The highest BCUT2D eigenvalue weighted by molar-refractivity contribution is 8.18. The maximum atomic E-state index is 12.9. The fraction of sp³-hybridized carbons (Fsp3) is 0.304. The van der Waals surface area contributed by atoms with Crippen molar-refractivity contribution in [2.45, 2.75) is 20.8 Å². The summed E-state index contributed by atoms with van der Waals surface area (Å²) in [6, 6.07) is 15.8. The van der Waals surface area contributed by atoms with Gasteiger partial charge in [-0.25, -0.2) is 4.99 Å². The molecule has 5 nitrogen and oxygen atoms in total. The Bertz CT molecular complexity index is 921. The van der Waals surface area contributed by atoms with Crippen molar-refractivity contribution < 1.29 is 9.53 Å². The number of benzene rings is 2. The normalized spacial score (nSPS) is 16.7. The molecule has 1 aliphatic rings. The lowest BCUT2D eigenvalue weighted by atomic mass is 10.1. The van der Waals surface area contributed by atoms with Crippen molar-refractivity contribution in [2.24, 2.45) is 4.99 Å². The van der Waals surface area contributed by atoms with Crippen LogP contribution < -0.4 is 9.64 Å². The van der Waals surface area contributed by atoms with E-state index in [1.165, 1.54) is 11.8 Å². The maximum Gasteiger partial charge on any atom is 0.266 e.